The number of hydrogen-bond donors (Lipinski definition) is 0. The first-order valence-electron chi connectivity index (χ1n) is 5.98. The highest BCUT2D eigenvalue weighted by Gasteiger charge is 2.21. The Balaban J connectivity index is 4.34. The van der Waals surface area contributed by atoms with Crippen LogP contribution in [0.3, 0.4) is 0 Å². The summed E-state index contributed by atoms with van der Waals surface area (Å²) >= 11 is 0. The normalized spacial score (nSPS) is 12.2. The van der Waals surface area contributed by atoms with Crippen molar-refractivity contribution >= 4 is 11.9 Å². The zero-order valence-electron chi connectivity index (χ0n) is 11.6. The quantitative estimate of drug-likeness (QED) is 0.540. The molecule has 0 aromatic carbocycles. The Morgan fingerprint density at radius 1 is 1.39 bits per heavy atom. The maximum Gasteiger partial charge on any atom is 0.310 e. The van der Waals surface area contributed by atoms with Crippen LogP contribution in [0.1, 0.15) is 47.0 Å². The molecule has 102 valence electrons. The van der Waals surface area contributed by atoms with Crippen molar-refractivity contribution in [2.75, 3.05) is 0 Å². The van der Waals surface area contributed by atoms with E-state index in [9.17, 15) is 9.59 Å². The summed E-state index contributed by atoms with van der Waals surface area (Å²) in [6, 6.07) is 0. The highest BCUT2D eigenvalue weighted by Crippen LogP contribution is 2.13. The Labute approximate surface area is 109 Å². The van der Waals surface area contributed by atoms with Crippen LogP contribution in [0.15, 0.2) is 18.4 Å². The van der Waals surface area contributed by atoms with Crippen LogP contribution >= 0.6 is 0 Å². The van der Waals surface area contributed by atoms with Gasteiger partial charge in [-0.05, 0) is 39.7 Å². The smallest absolute Gasteiger partial charge is 0.310 e. The summed E-state index contributed by atoms with van der Waals surface area (Å²) < 4.78 is 10.3. The molecule has 0 aromatic rings. The molecule has 0 saturated heterocycles. The predicted molar refractivity (Wildman–Crippen MR) is 69.0 cm³/mol. The van der Waals surface area contributed by atoms with E-state index >= 15 is 0 Å². The Morgan fingerprint density at radius 2 is 2.00 bits per heavy atom. The largest absolute Gasteiger partial charge is 0.462 e. The van der Waals surface area contributed by atoms with Crippen LogP contribution in [-0.4, -0.2) is 23.6 Å². The van der Waals surface area contributed by atoms with Gasteiger partial charge in [0.15, 0.2) is 0 Å². The van der Waals surface area contributed by atoms with Gasteiger partial charge in [0.05, 0.1) is 6.42 Å². The molecule has 0 saturated carbocycles. The number of esters is 2. The van der Waals surface area contributed by atoms with Gasteiger partial charge in [0.1, 0.15) is 11.7 Å². The molecular formula is C14H22O4. The molecule has 0 amide bonds. The Bertz CT molecular complexity index is 332. The third kappa shape index (κ3) is 9.67. The minimum absolute atomic E-state index is 0.0713. The molecule has 1 unspecified atom stereocenters. The van der Waals surface area contributed by atoms with E-state index in [0.29, 0.717) is 12.8 Å². The Hall–Kier alpha value is -1.54. The summed E-state index contributed by atoms with van der Waals surface area (Å²) in [6.45, 7) is 10.2. The fraction of sp³-hybridized carbons (Fsp3) is 0.643. The highest BCUT2D eigenvalue weighted by atomic mass is 16.6. The van der Waals surface area contributed by atoms with Gasteiger partial charge in [0, 0.05) is 6.92 Å². The van der Waals surface area contributed by atoms with Crippen molar-refractivity contribution in [3.8, 4) is 0 Å². The van der Waals surface area contributed by atoms with E-state index in [1.165, 1.54) is 6.92 Å². The molecule has 0 aliphatic heterocycles. The van der Waals surface area contributed by atoms with Crippen molar-refractivity contribution in [3.05, 3.63) is 18.4 Å². The summed E-state index contributed by atoms with van der Waals surface area (Å²) in [5.74, 6) is -0.762. The molecule has 0 rings (SSSR count). The monoisotopic (exact) mass is 254 g/mol. The van der Waals surface area contributed by atoms with E-state index in [0.717, 1.165) is 0 Å². The molecule has 0 fully saturated rings. The second-order valence-corrected chi connectivity index (χ2v) is 5.01. The van der Waals surface area contributed by atoms with Gasteiger partial charge in [-0.3, -0.25) is 9.59 Å². The number of carbonyl (C=O) groups is 2. The van der Waals surface area contributed by atoms with Gasteiger partial charge in [-0.15, -0.1) is 5.73 Å². The van der Waals surface area contributed by atoms with Gasteiger partial charge < -0.3 is 9.47 Å². The Morgan fingerprint density at radius 3 is 2.44 bits per heavy atom. The average Bonchev–Trinajstić information content (AvgIpc) is 2.13. The molecule has 0 bridgehead atoms. The molecule has 0 aliphatic carbocycles. The van der Waals surface area contributed by atoms with Gasteiger partial charge in [0.25, 0.3) is 0 Å². The van der Waals surface area contributed by atoms with Crippen molar-refractivity contribution in [2.24, 2.45) is 0 Å². The molecule has 18 heavy (non-hydrogen) atoms. The van der Waals surface area contributed by atoms with Crippen molar-refractivity contribution in [1.82, 2.24) is 0 Å². The molecule has 0 radical (unpaired) electrons. The summed E-state index contributed by atoms with van der Waals surface area (Å²) in [5, 5.41) is 0. The third-order valence-electron chi connectivity index (χ3n) is 1.92. The zero-order chi connectivity index (χ0) is 14.2. The van der Waals surface area contributed by atoms with Gasteiger partial charge in [-0.2, -0.15) is 0 Å². The van der Waals surface area contributed by atoms with Gasteiger partial charge in [-0.25, -0.2) is 0 Å². The first kappa shape index (κ1) is 16.5. The molecule has 0 spiro atoms. The first-order chi connectivity index (χ1) is 8.24. The number of carbonyl (C=O) groups excluding carboxylic acids is 2. The van der Waals surface area contributed by atoms with Crippen LogP contribution in [0.5, 0.6) is 0 Å². The van der Waals surface area contributed by atoms with Crippen LogP contribution in [0.25, 0.3) is 0 Å². The first-order valence-corrected chi connectivity index (χ1v) is 5.98. The third-order valence-corrected chi connectivity index (χ3v) is 1.92. The van der Waals surface area contributed by atoms with Crippen LogP contribution in [0.4, 0.5) is 0 Å². The lowest BCUT2D eigenvalue weighted by Crippen LogP contribution is -2.28. The molecule has 0 aliphatic rings. The predicted octanol–water partition coefficient (Wildman–Crippen LogP) is 2.77. The van der Waals surface area contributed by atoms with E-state index in [1.807, 2.05) is 0 Å². The number of ether oxygens (including phenoxy) is 2. The zero-order valence-corrected chi connectivity index (χ0v) is 11.6. The fourth-order valence-electron chi connectivity index (χ4n) is 1.38. The maximum absolute atomic E-state index is 11.6. The summed E-state index contributed by atoms with van der Waals surface area (Å²) in [6.07, 6.45) is 2.57. The molecule has 0 N–H and O–H groups in total. The molecule has 4 nitrogen and oxygen atoms in total. The molecule has 1 atom stereocenters. The number of allylic oxidation sites excluding steroid dienone is 1. The van der Waals surface area contributed by atoms with Gasteiger partial charge in [0.2, 0.25) is 0 Å². The minimum Gasteiger partial charge on any atom is -0.462 e. The van der Waals surface area contributed by atoms with Crippen LogP contribution < -0.4 is 0 Å². The summed E-state index contributed by atoms with van der Waals surface area (Å²) in [5.41, 5.74) is 2.11. The molecule has 0 aromatic heterocycles. The van der Waals surface area contributed by atoms with E-state index in [1.54, 1.807) is 26.8 Å². The molecule has 0 heterocycles. The number of hydrogen-bond acceptors (Lipinski definition) is 4. The number of rotatable bonds is 6. The van der Waals surface area contributed by atoms with E-state index < -0.39 is 17.7 Å². The van der Waals surface area contributed by atoms with Crippen LogP contribution in [0, 0.1) is 0 Å². The van der Waals surface area contributed by atoms with Crippen LogP contribution in [-0.2, 0) is 19.1 Å². The standard InChI is InChI=1S/C14H22O4/c1-6-7-8-9-12(17-11(2)15)10-13(16)18-14(3,4)5/h7,12H,1,8-10H2,2-5H3. The maximum atomic E-state index is 11.6. The van der Waals surface area contributed by atoms with Crippen molar-refractivity contribution in [1.29, 1.82) is 0 Å². The lowest BCUT2D eigenvalue weighted by molar-refractivity contribution is -0.161. The van der Waals surface area contributed by atoms with E-state index in [-0.39, 0.29) is 12.4 Å². The highest BCUT2D eigenvalue weighted by molar-refractivity contribution is 5.71. The van der Waals surface area contributed by atoms with Crippen molar-refractivity contribution < 1.29 is 19.1 Å². The van der Waals surface area contributed by atoms with Crippen LogP contribution in [0.2, 0.25) is 0 Å². The topological polar surface area (TPSA) is 52.6 Å². The van der Waals surface area contributed by atoms with E-state index in [4.69, 9.17) is 9.47 Å². The SMILES string of the molecule is C=C=CCCC(CC(=O)OC(C)(C)C)OC(C)=O. The second-order valence-electron chi connectivity index (χ2n) is 5.01. The van der Waals surface area contributed by atoms with Gasteiger partial charge in [-0.1, -0.05) is 6.58 Å². The van der Waals surface area contributed by atoms with Crippen molar-refractivity contribution in [3.63, 3.8) is 0 Å². The van der Waals surface area contributed by atoms with E-state index in [2.05, 4.69) is 12.3 Å². The van der Waals surface area contributed by atoms with Gasteiger partial charge >= 0.3 is 11.9 Å². The minimum atomic E-state index is -0.529. The lowest BCUT2D eigenvalue weighted by Gasteiger charge is -2.22. The molecular weight excluding hydrogens is 232 g/mol. The lowest BCUT2D eigenvalue weighted by atomic mass is 10.1. The van der Waals surface area contributed by atoms with Crippen molar-refractivity contribution in [2.45, 2.75) is 58.7 Å². The average molecular weight is 254 g/mol. The summed E-state index contributed by atoms with van der Waals surface area (Å²) in [7, 11) is 0. The molecule has 4 heteroatoms. The Kier molecular flexibility index (Phi) is 7.06. The fourth-order valence-corrected chi connectivity index (χ4v) is 1.38. The second kappa shape index (κ2) is 7.72. The summed E-state index contributed by atoms with van der Waals surface area (Å²) in [4.78, 5) is 22.6.